The van der Waals surface area contributed by atoms with Gasteiger partial charge in [0.15, 0.2) is 14.6 Å². The molecule has 1 aliphatic carbocycles. The molecule has 1 heterocycles. The van der Waals surface area contributed by atoms with Gasteiger partial charge in [-0.2, -0.15) is 0 Å². The Hall–Kier alpha value is -1.89. The monoisotopic (exact) mass is 460 g/mol. The van der Waals surface area contributed by atoms with Gasteiger partial charge in [0.05, 0.1) is 4.90 Å². The maximum atomic E-state index is 13.7. The number of benzene rings is 2. The Labute approximate surface area is 189 Å². The summed E-state index contributed by atoms with van der Waals surface area (Å²) in [5, 5.41) is 0.483. The van der Waals surface area contributed by atoms with E-state index in [2.05, 4.69) is 17.0 Å². The molecule has 0 aromatic heterocycles. The molecule has 0 atom stereocenters. The molecule has 31 heavy (non-hydrogen) atoms. The zero-order chi connectivity index (χ0) is 21.9. The fourth-order valence-electron chi connectivity index (χ4n) is 4.84. The van der Waals surface area contributed by atoms with Crippen LogP contribution in [0.2, 0.25) is 5.02 Å². The Morgan fingerprint density at radius 3 is 2.23 bits per heavy atom. The van der Waals surface area contributed by atoms with E-state index in [1.54, 1.807) is 17.0 Å². The third kappa shape index (κ3) is 4.52. The molecule has 1 saturated carbocycles. The second kappa shape index (κ2) is 9.31. The van der Waals surface area contributed by atoms with Crippen LogP contribution >= 0.6 is 11.6 Å². The molecule has 2 aromatic carbocycles. The van der Waals surface area contributed by atoms with E-state index in [1.807, 2.05) is 18.2 Å². The van der Waals surface area contributed by atoms with Crippen LogP contribution in [-0.2, 0) is 21.2 Å². The number of sulfone groups is 1. The van der Waals surface area contributed by atoms with Crippen molar-refractivity contribution in [2.75, 3.05) is 26.2 Å². The molecule has 5 nitrogen and oxygen atoms in total. The van der Waals surface area contributed by atoms with E-state index >= 15 is 0 Å². The fraction of sp³-hybridized carbons (Fsp3) is 0.458. The minimum atomic E-state index is -3.80. The van der Waals surface area contributed by atoms with Crippen LogP contribution in [0.3, 0.4) is 0 Å². The minimum Gasteiger partial charge on any atom is -0.340 e. The third-order valence-electron chi connectivity index (χ3n) is 6.56. The number of amides is 1. The average Bonchev–Trinajstić information content (AvgIpc) is 3.18. The lowest BCUT2D eigenvalue weighted by molar-refractivity contribution is -0.133. The average molecular weight is 461 g/mol. The number of carbonyl (C=O) groups excluding carboxylic acids is 1. The van der Waals surface area contributed by atoms with E-state index in [4.69, 9.17) is 11.6 Å². The quantitative estimate of drug-likeness (QED) is 0.672. The molecule has 1 aliphatic heterocycles. The molecule has 1 amide bonds. The summed E-state index contributed by atoms with van der Waals surface area (Å²) in [5.74, 6) is -0.221. The van der Waals surface area contributed by atoms with Crippen LogP contribution in [0.1, 0.15) is 37.7 Å². The smallest absolute Gasteiger partial charge is 0.244 e. The largest absolute Gasteiger partial charge is 0.340 e. The van der Waals surface area contributed by atoms with Crippen molar-refractivity contribution in [3.63, 3.8) is 0 Å². The first-order valence-electron chi connectivity index (χ1n) is 11.0. The third-order valence-corrected chi connectivity index (χ3v) is 9.32. The SMILES string of the molecule is O=C(N1CCCN(Cc2ccccc2)CC1)C1(S(=O)(=O)c2ccc(Cl)cc2)CCCC1. The first-order chi connectivity index (χ1) is 14.9. The standard InChI is InChI=1S/C24H29ClN2O3S/c25-21-9-11-22(12-10-21)31(29,30)24(13-4-5-14-24)23(28)27-16-6-15-26(17-18-27)19-20-7-2-1-3-8-20/h1-3,7-12H,4-6,13-19H2. The summed E-state index contributed by atoms with van der Waals surface area (Å²) >= 11 is 5.96. The molecule has 4 rings (SSSR count). The van der Waals surface area contributed by atoms with Crippen LogP contribution in [-0.4, -0.2) is 55.1 Å². The summed E-state index contributed by atoms with van der Waals surface area (Å²) in [4.78, 5) is 18.1. The van der Waals surface area contributed by atoms with Crippen molar-refractivity contribution in [1.82, 2.24) is 9.80 Å². The molecule has 2 aromatic rings. The van der Waals surface area contributed by atoms with Crippen molar-refractivity contribution in [3.05, 3.63) is 65.2 Å². The van der Waals surface area contributed by atoms with Crippen LogP contribution in [0.15, 0.2) is 59.5 Å². The van der Waals surface area contributed by atoms with Gasteiger partial charge in [0.1, 0.15) is 0 Å². The molecule has 0 bridgehead atoms. The molecular formula is C24H29ClN2O3S. The Kier molecular flexibility index (Phi) is 6.70. The van der Waals surface area contributed by atoms with Crippen molar-refractivity contribution < 1.29 is 13.2 Å². The van der Waals surface area contributed by atoms with Crippen LogP contribution in [0, 0.1) is 0 Å². The number of hydrogen-bond acceptors (Lipinski definition) is 4. The maximum Gasteiger partial charge on any atom is 0.244 e. The lowest BCUT2D eigenvalue weighted by Gasteiger charge is -2.33. The highest BCUT2D eigenvalue weighted by atomic mass is 35.5. The zero-order valence-electron chi connectivity index (χ0n) is 17.7. The topological polar surface area (TPSA) is 57.7 Å². The van der Waals surface area contributed by atoms with Crippen LogP contribution in [0.5, 0.6) is 0 Å². The van der Waals surface area contributed by atoms with Gasteiger partial charge >= 0.3 is 0 Å². The first kappa shape index (κ1) is 22.3. The lowest BCUT2D eigenvalue weighted by atomic mass is 10.1. The molecule has 2 fully saturated rings. The Morgan fingerprint density at radius 1 is 0.871 bits per heavy atom. The minimum absolute atomic E-state index is 0.188. The van der Waals surface area contributed by atoms with Gasteiger partial charge in [-0.15, -0.1) is 0 Å². The molecule has 166 valence electrons. The molecule has 0 unspecified atom stereocenters. The number of nitrogens with zero attached hydrogens (tertiary/aromatic N) is 2. The zero-order valence-corrected chi connectivity index (χ0v) is 19.2. The van der Waals surface area contributed by atoms with Gasteiger partial charge in [0.25, 0.3) is 0 Å². The number of carbonyl (C=O) groups is 1. The van der Waals surface area contributed by atoms with Crippen molar-refractivity contribution in [1.29, 1.82) is 0 Å². The molecular weight excluding hydrogens is 432 g/mol. The summed E-state index contributed by atoms with van der Waals surface area (Å²) in [6, 6.07) is 16.5. The second-order valence-electron chi connectivity index (χ2n) is 8.57. The summed E-state index contributed by atoms with van der Waals surface area (Å²) in [6.07, 6.45) is 3.14. The Balaban J connectivity index is 1.53. The van der Waals surface area contributed by atoms with E-state index in [0.29, 0.717) is 31.0 Å². The van der Waals surface area contributed by atoms with E-state index < -0.39 is 14.6 Å². The van der Waals surface area contributed by atoms with Gasteiger partial charge in [-0.3, -0.25) is 9.69 Å². The van der Waals surface area contributed by atoms with E-state index in [0.717, 1.165) is 38.9 Å². The summed E-state index contributed by atoms with van der Waals surface area (Å²) in [7, 11) is -3.80. The van der Waals surface area contributed by atoms with Crippen molar-refractivity contribution in [2.45, 2.75) is 48.3 Å². The normalized spacial score (nSPS) is 19.8. The second-order valence-corrected chi connectivity index (χ2v) is 11.3. The predicted octanol–water partition coefficient (Wildman–Crippen LogP) is 4.16. The van der Waals surface area contributed by atoms with Crippen molar-refractivity contribution in [3.8, 4) is 0 Å². The maximum absolute atomic E-state index is 13.7. The summed E-state index contributed by atoms with van der Waals surface area (Å²) in [6.45, 7) is 3.65. The van der Waals surface area contributed by atoms with Crippen LogP contribution in [0.4, 0.5) is 0 Å². The van der Waals surface area contributed by atoms with E-state index in [9.17, 15) is 13.2 Å². The number of rotatable bonds is 5. The van der Waals surface area contributed by atoms with Gasteiger partial charge in [0.2, 0.25) is 5.91 Å². The Morgan fingerprint density at radius 2 is 1.55 bits per heavy atom. The van der Waals surface area contributed by atoms with Crippen molar-refractivity contribution >= 4 is 27.3 Å². The number of hydrogen-bond donors (Lipinski definition) is 0. The van der Waals surface area contributed by atoms with Gasteiger partial charge < -0.3 is 4.90 Å². The summed E-state index contributed by atoms with van der Waals surface area (Å²) in [5.41, 5.74) is 1.25. The highest BCUT2D eigenvalue weighted by molar-refractivity contribution is 7.93. The first-order valence-corrected chi connectivity index (χ1v) is 12.8. The van der Waals surface area contributed by atoms with Crippen LogP contribution in [0.25, 0.3) is 0 Å². The molecule has 0 N–H and O–H groups in total. The summed E-state index contributed by atoms with van der Waals surface area (Å²) < 4.78 is 25.9. The van der Waals surface area contributed by atoms with Gasteiger partial charge in [0, 0.05) is 37.7 Å². The van der Waals surface area contributed by atoms with Crippen LogP contribution < -0.4 is 0 Å². The molecule has 2 aliphatic rings. The lowest BCUT2D eigenvalue weighted by Crippen LogP contribution is -2.53. The molecule has 1 saturated heterocycles. The fourth-order valence-corrected chi connectivity index (χ4v) is 7.10. The van der Waals surface area contributed by atoms with Crippen molar-refractivity contribution in [2.24, 2.45) is 0 Å². The predicted molar refractivity (Wildman–Crippen MR) is 123 cm³/mol. The van der Waals surface area contributed by atoms with Gasteiger partial charge in [-0.05, 0) is 49.1 Å². The van der Waals surface area contributed by atoms with E-state index in [-0.39, 0.29) is 10.8 Å². The van der Waals surface area contributed by atoms with E-state index in [1.165, 1.54) is 17.7 Å². The highest BCUT2D eigenvalue weighted by Gasteiger charge is 2.54. The number of halogens is 1. The molecule has 7 heteroatoms. The Bertz CT molecular complexity index is 1000. The van der Waals surface area contributed by atoms with Gasteiger partial charge in [-0.25, -0.2) is 8.42 Å². The van der Waals surface area contributed by atoms with Gasteiger partial charge in [-0.1, -0.05) is 54.8 Å². The molecule has 0 spiro atoms. The highest BCUT2D eigenvalue weighted by Crippen LogP contribution is 2.42. The molecule has 0 radical (unpaired) electrons.